The van der Waals surface area contributed by atoms with Gasteiger partial charge in [-0.1, -0.05) is 12.1 Å². The minimum absolute atomic E-state index is 0.0562. The lowest BCUT2D eigenvalue weighted by molar-refractivity contribution is 0.101. The number of carbonyl (C=O) groups is 1. The first-order valence-corrected chi connectivity index (χ1v) is 7.84. The quantitative estimate of drug-likeness (QED) is 0.839. The number of ketones is 1. The number of fused-ring (bicyclic) bond motifs is 1. The Kier molecular flexibility index (Phi) is 4.27. The summed E-state index contributed by atoms with van der Waals surface area (Å²) < 4.78 is 5.85. The van der Waals surface area contributed by atoms with Crippen molar-refractivity contribution in [2.45, 2.75) is 19.9 Å². The van der Waals surface area contributed by atoms with Crippen molar-refractivity contribution in [3.8, 4) is 5.75 Å². The Balaban J connectivity index is 1.54. The molecule has 4 heteroatoms. The number of carbonyl (C=O) groups excluding carboxylic acids is 1. The summed E-state index contributed by atoms with van der Waals surface area (Å²) in [4.78, 5) is 14.1. The van der Waals surface area contributed by atoms with Crippen LogP contribution in [-0.2, 0) is 0 Å². The molecule has 114 valence electrons. The van der Waals surface area contributed by atoms with Gasteiger partial charge in [0.1, 0.15) is 12.4 Å². The molecule has 0 aromatic heterocycles. The number of rotatable bonds is 5. The van der Waals surface area contributed by atoms with E-state index < -0.39 is 0 Å². The van der Waals surface area contributed by atoms with Crippen LogP contribution in [0.15, 0.2) is 24.3 Å². The maximum absolute atomic E-state index is 11.6. The largest absolute Gasteiger partial charge is 0.491 e. The topological polar surface area (TPSA) is 41.6 Å². The summed E-state index contributed by atoms with van der Waals surface area (Å²) in [6, 6.07) is 8.11. The van der Waals surface area contributed by atoms with E-state index in [1.54, 1.807) is 6.92 Å². The van der Waals surface area contributed by atoms with Crippen molar-refractivity contribution in [3.05, 3.63) is 29.8 Å². The van der Waals surface area contributed by atoms with Crippen LogP contribution in [0.5, 0.6) is 5.75 Å². The molecular formula is C17H24N2O2. The van der Waals surface area contributed by atoms with Gasteiger partial charge in [0.25, 0.3) is 0 Å². The Morgan fingerprint density at radius 2 is 2.19 bits per heavy atom. The number of hydrogen-bond acceptors (Lipinski definition) is 4. The molecule has 1 N–H and O–H groups in total. The van der Waals surface area contributed by atoms with E-state index >= 15 is 0 Å². The third-order valence-electron chi connectivity index (χ3n) is 4.96. The van der Waals surface area contributed by atoms with Gasteiger partial charge in [0.15, 0.2) is 5.78 Å². The van der Waals surface area contributed by atoms with Gasteiger partial charge in [-0.3, -0.25) is 9.69 Å². The number of nitrogens with zero attached hydrogens (tertiary/aromatic N) is 1. The van der Waals surface area contributed by atoms with Gasteiger partial charge in [-0.2, -0.15) is 0 Å². The molecule has 3 atom stereocenters. The highest BCUT2D eigenvalue weighted by Gasteiger charge is 2.41. The van der Waals surface area contributed by atoms with E-state index in [2.05, 4.69) is 17.1 Å². The minimum atomic E-state index is 0.0562. The highest BCUT2D eigenvalue weighted by atomic mass is 16.5. The van der Waals surface area contributed by atoms with E-state index in [9.17, 15) is 4.79 Å². The molecule has 4 nitrogen and oxygen atoms in total. The maximum atomic E-state index is 11.6. The fraction of sp³-hybridized carbons (Fsp3) is 0.588. The van der Waals surface area contributed by atoms with Crippen LogP contribution in [0.2, 0.25) is 0 Å². The maximum Gasteiger partial charge on any atom is 0.163 e. The van der Waals surface area contributed by atoms with E-state index in [0.29, 0.717) is 24.0 Å². The second-order valence-corrected chi connectivity index (χ2v) is 6.22. The zero-order valence-electron chi connectivity index (χ0n) is 12.8. The first-order valence-electron chi connectivity index (χ1n) is 7.84. The summed E-state index contributed by atoms with van der Waals surface area (Å²) in [7, 11) is 0. The summed E-state index contributed by atoms with van der Waals surface area (Å²) in [6.45, 7) is 8.94. The second kappa shape index (κ2) is 6.16. The number of benzene rings is 1. The number of Topliss-reactive ketones (excluding diaryl/α,β-unsaturated/α-hetero) is 1. The van der Waals surface area contributed by atoms with Crippen molar-refractivity contribution in [1.29, 1.82) is 0 Å². The fourth-order valence-corrected chi connectivity index (χ4v) is 3.71. The molecule has 2 aliphatic rings. The third-order valence-corrected chi connectivity index (χ3v) is 4.96. The van der Waals surface area contributed by atoms with Crippen LogP contribution in [-0.4, -0.2) is 49.5 Å². The number of para-hydroxylation sites is 1. The summed E-state index contributed by atoms with van der Waals surface area (Å²) >= 11 is 0. The van der Waals surface area contributed by atoms with Crippen molar-refractivity contribution in [2.75, 3.05) is 32.8 Å². The van der Waals surface area contributed by atoms with Crippen LogP contribution >= 0.6 is 0 Å². The smallest absolute Gasteiger partial charge is 0.163 e. The fourth-order valence-electron chi connectivity index (χ4n) is 3.71. The van der Waals surface area contributed by atoms with Crippen molar-refractivity contribution in [2.24, 2.45) is 11.8 Å². The third kappa shape index (κ3) is 2.97. The van der Waals surface area contributed by atoms with E-state index in [1.165, 1.54) is 0 Å². The van der Waals surface area contributed by atoms with E-state index in [-0.39, 0.29) is 5.78 Å². The molecule has 3 unspecified atom stereocenters. The summed E-state index contributed by atoms with van der Waals surface area (Å²) in [6.07, 6.45) is 0. The molecule has 0 saturated carbocycles. The SMILES string of the molecule is CC(=O)c1ccccc1OCCN1CC2CNCC2C1C. The molecule has 2 aliphatic heterocycles. The highest BCUT2D eigenvalue weighted by molar-refractivity contribution is 5.96. The molecule has 1 aromatic carbocycles. The van der Waals surface area contributed by atoms with Gasteiger partial charge in [0.05, 0.1) is 5.56 Å². The standard InChI is InChI=1S/C17H24N2O2/c1-12-16-10-18-9-14(16)11-19(12)7-8-21-17-6-4-3-5-15(17)13(2)20/h3-6,12,14,16,18H,7-11H2,1-2H3. The van der Waals surface area contributed by atoms with Crippen molar-refractivity contribution in [3.63, 3.8) is 0 Å². The van der Waals surface area contributed by atoms with Gasteiger partial charge in [-0.15, -0.1) is 0 Å². The first-order chi connectivity index (χ1) is 10.2. The summed E-state index contributed by atoms with van der Waals surface area (Å²) in [5, 5.41) is 3.48. The van der Waals surface area contributed by atoms with Crippen molar-refractivity contribution >= 4 is 5.78 Å². The zero-order chi connectivity index (χ0) is 14.8. The van der Waals surface area contributed by atoms with Crippen molar-refractivity contribution in [1.82, 2.24) is 10.2 Å². The number of likely N-dealkylation sites (tertiary alicyclic amines) is 1. The lowest BCUT2D eigenvalue weighted by Crippen LogP contribution is -2.36. The lowest BCUT2D eigenvalue weighted by Gasteiger charge is -2.24. The highest BCUT2D eigenvalue weighted by Crippen LogP contribution is 2.31. The van der Waals surface area contributed by atoms with E-state index in [1.807, 2.05) is 24.3 Å². The predicted octanol–water partition coefficient (Wildman–Crippen LogP) is 1.81. The van der Waals surface area contributed by atoms with Gasteiger partial charge in [0, 0.05) is 19.1 Å². The lowest BCUT2D eigenvalue weighted by atomic mass is 9.95. The molecule has 2 fully saturated rings. The molecule has 3 rings (SSSR count). The van der Waals surface area contributed by atoms with Gasteiger partial charge in [-0.05, 0) is 50.9 Å². The molecular weight excluding hydrogens is 264 g/mol. The summed E-state index contributed by atoms with van der Waals surface area (Å²) in [5.74, 6) is 2.35. The average Bonchev–Trinajstić information content (AvgIpc) is 3.03. The zero-order valence-corrected chi connectivity index (χ0v) is 12.8. The number of nitrogens with one attached hydrogen (secondary N) is 1. The normalized spacial score (nSPS) is 28.6. The average molecular weight is 288 g/mol. The Morgan fingerprint density at radius 3 is 2.95 bits per heavy atom. The van der Waals surface area contributed by atoms with E-state index in [0.717, 1.165) is 38.0 Å². The number of hydrogen-bond donors (Lipinski definition) is 1. The van der Waals surface area contributed by atoms with Gasteiger partial charge >= 0.3 is 0 Å². The molecule has 0 spiro atoms. The second-order valence-electron chi connectivity index (χ2n) is 6.22. The van der Waals surface area contributed by atoms with Crippen LogP contribution in [0.3, 0.4) is 0 Å². The Labute approximate surface area is 126 Å². The molecule has 0 amide bonds. The summed E-state index contributed by atoms with van der Waals surface area (Å²) in [5.41, 5.74) is 0.674. The molecule has 1 aromatic rings. The van der Waals surface area contributed by atoms with Crippen LogP contribution in [0.1, 0.15) is 24.2 Å². The van der Waals surface area contributed by atoms with Crippen LogP contribution < -0.4 is 10.1 Å². The molecule has 0 radical (unpaired) electrons. The molecule has 2 heterocycles. The number of ether oxygens (including phenoxy) is 1. The van der Waals surface area contributed by atoms with E-state index in [4.69, 9.17) is 4.74 Å². The Bertz CT molecular complexity index is 517. The van der Waals surface area contributed by atoms with Crippen molar-refractivity contribution < 1.29 is 9.53 Å². The Hall–Kier alpha value is -1.39. The van der Waals surface area contributed by atoms with Gasteiger partial charge < -0.3 is 10.1 Å². The van der Waals surface area contributed by atoms with Crippen LogP contribution in [0.25, 0.3) is 0 Å². The first kappa shape index (κ1) is 14.5. The molecule has 21 heavy (non-hydrogen) atoms. The molecule has 0 bridgehead atoms. The predicted molar refractivity (Wildman–Crippen MR) is 82.8 cm³/mol. The monoisotopic (exact) mass is 288 g/mol. The van der Waals surface area contributed by atoms with Gasteiger partial charge in [0.2, 0.25) is 0 Å². The van der Waals surface area contributed by atoms with Gasteiger partial charge in [-0.25, -0.2) is 0 Å². The molecule has 0 aliphatic carbocycles. The minimum Gasteiger partial charge on any atom is -0.491 e. The Morgan fingerprint density at radius 1 is 1.38 bits per heavy atom. The van der Waals surface area contributed by atoms with Crippen LogP contribution in [0.4, 0.5) is 0 Å². The molecule has 2 saturated heterocycles. The van der Waals surface area contributed by atoms with Crippen LogP contribution in [0, 0.1) is 11.8 Å².